The predicted octanol–water partition coefficient (Wildman–Crippen LogP) is -0.627. The Balaban J connectivity index is 3.31. The van der Waals surface area contributed by atoms with Gasteiger partial charge in [-0.15, -0.1) is 0 Å². The van der Waals surface area contributed by atoms with E-state index >= 15 is 0 Å². The number of rotatable bonds is 3. The lowest BCUT2D eigenvalue weighted by molar-refractivity contribution is -0.137. The molecule has 0 spiro atoms. The number of alkyl halides is 1. The van der Waals surface area contributed by atoms with E-state index in [-0.39, 0.29) is 0 Å². The number of primary amides is 1. The van der Waals surface area contributed by atoms with Crippen LogP contribution in [0.2, 0.25) is 0 Å². The first-order chi connectivity index (χ1) is 4.68. The van der Waals surface area contributed by atoms with E-state index in [1.807, 2.05) is 0 Å². The van der Waals surface area contributed by atoms with Crippen molar-refractivity contribution >= 4 is 27.7 Å². The van der Waals surface area contributed by atoms with Gasteiger partial charge in [0.05, 0.1) is 0 Å². The van der Waals surface area contributed by atoms with Crippen LogP contribution in [0.5, 0.6) is 0 Å². The summed E-state index contributed by atoms with van der Waals surface area (Å²) in [6, 6.07) is 0. The molecule has 0 bridgehead atoms. The first-order valence-electron chi connectivity index (χ1n) is 2.82. The van der Waals surface area contributed by atoms with Gasteiger partial charge in [-0.3, -0.25) is 9.59 Å². The van der Waals surface area contributed by atoms with Gasteiger partial charge in [0.2, 0.25) is 0 Å². The summed E-state index contributed by atoms with van der Waals surface area (Å²) in [5.74, 6) is -1.66. The number of nitrogens with two attached hydrogens (primary N) is 1. The normalized spacial score (nSPS) is 8.90. The lowest BCUT2D eigenvalue weighted by atomic mass is 10.4. The van der Waals surface area contributed by atoms with E-state index in [1.54, 1.807) is 0 Å². The minimum absolute atomic E-state index is 0.479. The van der Waals surface area contributed by atoms with E-state index in [1.165, 1.54) is 0 Å². The minimum atomic E-state index is -0.936. The number of amides is 2. The Bertz CT molecular complexity index is 138. The minimum Gasteiger partial charge on any atom is -0.361 e. The maximum Gasteiger partial charge on any atom is 0.309 e. The monoisotopic (exact) mass is 208 g/mol. The maximum absolute atomic E-state index is 10.4. The molecule has 0 saturated carbocycles. The third-order valence-corrected chi connectivity index (χ3v) is 1.38. The van der Waals surface area contributed by atoms with Gasteiger partial charge in [-0.1, -0.05) is 15.9 Å². The molecule has 58 valence electrons. The number of hydrogen-bond acceptors (Lipinski definition) is 2. The summed E-state index contributed by atoms with van der Waals surface area (Å²) in [6.07, 6.45) is 0.791. The molecular formula is C5H9BrN2O2. The summed E-state index contributed by atoms with van der Waals surface area (Å²) in [7, 11) is 0. The number of halogens is 1. The highest BCUT2D eigenvalue weighted by atomic mass is 79.9. The summed E-state index contributed by atoms with van der Waals surface area (Å²) in [4.78, 5) is 20.5. The van der Waals surface area contributed by atoms with Crippen LogP contribution in [0.25, 0.3) is 0 Å². The molecule has 0 fully saturated rings. The van der Waals surface area contributed by atoms with Crippen LogP contribution in [0.15, 0.2) is 0 Å². The van der Waals surface area contributed by atoms with E-state index in [2.05, 4.69) is 27.0 Å². The van der Waals surface area contributed by atoms with Crippen LogP contribution in [0, 0.1) is 0 Å². The fourth-order valence-electron chi connectivity index (χ4n) is 0.356. The van der Waals surface area contributed by atoms with Gasteiger partial charge in [-0.05, 0) is 6.42 Å². The Morgan fingerprint density at radius 2 is 2.10 bits per heavy atom. The lowest BCUT2D eigenvalue weighted by Gasteiger charge is -1.97. The van der Waals surface area contributed by atoms with Gasteiger partial charge in [0.25, 0.3) is 0 Å². The van der Waals surface area contributed by atoms with E-state index in [0.717, 1.165) is 11.8 Å². The number of carbonyl (C=O) groups is 2. The molecule has 0 heterocycles. The number of nitrogens with one attached hydrogen (secondary N) is 1. The van der Waals surface area contributed by atoms with Crippen molar-refractivity contribution in [2.75, 3.05) is 11.9 Å². The second-order valence-corrected chi connectivity index (χ2v) is 2.46. The van der Waals surface area contributed by atoms with Crippen molar-refractivity contribution < 1.29 is 9.59 Å². The van der Waals surface area contributed by atoms with Crippen molar-refractivity contribution in [3.05, 3.63) is 0 Å². The van der Waals surface area contributed by atoms with Gasteiger partial charge in [0.1, 0.15) is 0 Å². The third-order valence-electron chi connectivity index (χ3n) is 0.820. The van der Waals surface area contributed by atoms with Gasteiger partial charge >= 0.3 is 11.8 Å². The SMILES string of the molecule is NC(=O)C(=O)NCCCBr. The van der Waals surface area contributed by atoms with Gasteiger partial charge in [-0.25, -0.2) is 0 Å². The van der Waals surface area contributed by atoms with Gasteiger partial charge in [0.15, 0.2) is 0 Å². The summed E-state index contributed by atoms with van der Waals surface area (Å²) in [5.41, 5.74) is 4.66. The summed E-state index contributed by atoms with van der Waals surface area (Å²) in [5, 5.41) is 3.14. The standard InChI is InChI=1S/C5H9BrN2O2/c6-2-1-3-8-5(10)4(7)9/h1-3H2,(H2,7,9)(H,8,10). The molecule has 0 saturated heterocycles. The van der Waals surface area contributed by atoms with Crippen LogP contribution in [0.4, 0.5) is 0 Å². The van der Waals surface area contributed by atoms with Gasteiger partial charge in [-0.2, -0.15) is 0 Å². The second kappa shape index (κ2) is 5.22. The zero-order valence-electron chi connectivity index (χ0n) is 5.39. The van der Waals surface area contributed by atoms with Gasteiger partial charge in [0, 0.05) is 11.9 Å². The quantitative estimate of drug-likeness (QED) is 0.369. The molecule has 0 aromatic heterocycles. The summed E-state index contributed by atoms with van der Waals surface area (Å²) >= 11 is 3.17. The Morgan fingerprint density at radius 3 is 2.50 bits per heavy atom. The van der Waals surface area contributed by atoms with E-state index < -0.39 is 11.8 Å². The van der Waals surface area contributed by atoms with Crippen LogP contribution >= 0.6 is 15.9 Å². The van der Waals surface area contributed by atoms with Crippen LogP contribution in [0.3, 0.4) is 0 Å². The highest BCUT2D eigenvalue weighted by Crippen LogP contribution is 1.83. The topological polar surface area (TPSA) is 72.2 Å². The van der Waals surface area contributed by atoms with Crippen molar-refractivity contribution in [1.82, 2.24) is 5.32 Å². The smallest absolute Gasteiger partial charge is 0.309 e. The Morgan fingerprint density at radius 1 is 1.50 bits per heavy atom. The van der Waals surface area contributed by atoms with E-state index in [0.29, 0.717) is 6.54 Å². The largest absolute Gasteiger partial charge is 0.361 e. The Kier molecular flexibility index (Phi) is 4.92. The molecule has 0 aliphatic carbocycles. The summed E-state index contributed by atoms with van der Waals surface area (Å²) < 4.78 is 0. The van der Waals surface area contributed by atoms with Crippen molar-refractivity contribution in [2.45, 2.75) is 6.42 Å². The van der Waals surface area contributed by atoms with Crippen LogP contribution in [-0.2, 0) is 9.59 Å². The molecule has 0 aromatic carbocycles. The highest BCUT2D eigenvalue weighted by molar-refractivity contribution is 9.09. The molecule has 0 aromatic rings. The zero-order valence-corrected chi connectivity index (χ0v) is 6.98. The predicted molar refractivity (Wildman–Crippen MR) is 40.6 cm³/mol. The van der Waals surface area contributed by atoms with E-state index in [4.69, 9.17) is 0 Å². The molecule has 0 radical (unpaired) electrons. The molecule has 5 heteroatoms. The molecule has 0 rings (SSSR count). The number of hydrogen-bond donors (Lipinski definition) is 2. The number of carbonyl (C=O) groups excluding carboxylic acids is 2. The average Bonchev–Trinajstić information content (AvgIpc) is 1.88. The van der Waals surface area contributed by atoms with Crippen molar-refractivity contribution in [2.24, 2.45) is 5.73 Å². The van der Waals surface area contributed by atoms with Crippen LogP contribution in [-0.4, -0.2) is 23.7 Å². The fraction of sp³-hybridized carbons (Fsp3) is 0.600. The maximum atomic E-state index is 10.4. The van der Waals surface area contributed by atoms with Crippen LogP contribution in [0.1, 0.15) is 6.42 Å². The molecule has 2 amide bonds. The Hall–Kier alpha value is -0.580. The molecule has 10 heavy (non-hydrogen) atoms. The molecule has 3 N–H and O–H groups in total. The molecule has 4 nitrogen and oxygen atoms in total. The molecular weight excluding hydrogens is 200 g/mol. The van der Waals surface area contributed by atoms with Crippen LogP contribution < -0.4 is 11.1 Å². The van der Waals surface area contributed by atoms with Crippen molar-refractivity contribution in [3.63, 3.8) is 0 Å². The fourth-order valence-corrected chi connectivity index (χ4v) is 0.636. The average molecular weight is 209 g/mol. The van der Waals surface area contributed by atoms with E-state index in [9.17, 15) is 9.59 Å². The first kappa shape index (κ1) is 9.42. The van der Waals surface area contributed by atoms with Gasteiger partial charge < -0.3 is 11.1 Å². The van der Waals surface area contributed by atoms with Crippen molar-refractivity contribution in [3.8, 4) is 0 Å². The first-order valence-corrected chi connectivity index (χ1v) is 3.94. The summed E-state index contributed by atoms with van der Waals surface area (Å²) in [6.45, 7) is 0.479. The molecule has 0 aliphatic rings. The van der Waals surface area contributed by atoms with Crippen molar-refractivity contribution in [1.29, 1.82) is 0 Å². The highest BCUT2D eigenvalue weighted by Gasteiger charge is 2.05. The third kappa shape index (κ3) is 4.31. The zero-order chi connectivity index (χ0) is 7.98. The molecule has 0 aliphatic heterocycles. The Labute approximate surface area is 67.3 Å². The lowest BCUT2D eigenvalue weighted by Crippen LogP contribution is -2.36. The molecule has 0 unspecified atom stereocenters. The second-order valence-electron chi connectivity index (χ2n) is 1.66. The molecule has 0 atom stereocenters.